The van der Waals surface area contributed by atoms with Crippen molar-refractivity contribution in [3.05, 3.63) is 36.0 Å². The highest BCUT2D eigenvalue weighted by Crippen LogP contribution is 2.19. The Morgan fingerprint density at radius 1 is 1.03 bits per heavy atom. The van der Waals surface area contributed by atoms with E-state index in [1.807, 2.05) is 24.3 Å². The molecule has 0 radical (unpaired) electrons. The average molecular weight is 432 g/mol. The maximum atomic E-state index is 12.7. The number of carboxylic acids is 1. The zero-order valence-corrected chi connectivity index (χ0v) is 16.5. The standard InChI is InChI=1S/C19H24N6O6/c20-7-16(27)24-14(6-15(21)26)19(31)25-13(18(30)23-9-17(28)29)5-10-8-22-12-4-2-1-3-11(10)12/h1-4,8,13-14,22H,5-7,9,20H2,(H2,21,26)(H,23,30)(H,24,27)(H,25,31)(H,28,29). The van der Waals surface area contributed by atoms with Crippen LogP contribution in [0.5, 0.6) is 0 Å². The summed E-state index contributed by atoms with van der Waals surface area (Å²) in [6, 6.07) is 4.77. The van der Waals surface area contributed by atoms with Gasteiger partial charge in [0, 0.05) is 23.5 Å². The number of carbonyl (C=O) groups excluding carboxylic acids is 4. The van der Waals surface area contributed by atoms with Crippen LogP contribution in [0.4, 0.5) is 0 Å². The smallest absolute Gasteiger partial charge is 0.322 e. The van der Waals surface area contributed by atoms with Crippen LogP contribution in [0.15, 0.2) is 30.5 Å². The van der Waals surface area contributed by atoms with E-state index in [9.17, 15) is 24.0 Å². The Balaban J connectivity index is 2.24. The van der Waals surface area contributed by atoms with Crippen molar-refractivity contribution >= 4 is 40.5 Å². The van der Waals surface area contributed by atoms with Crippen LogP contribution in [0, 0.1) is 0 Å². The Kier molecular flexibility index (Phi) is 8.09. The predicted molar refractivity (Wildman–Crippen MR) is 109 cm³/mol. The highest BCUT2D eigenvalue weighted by molar-refractivity contribution is 5.96. The number of aliphatic carboxylic acids is 1. The number of benzene rings is 1. The number of aromatic amines is 1. The normalized spacial score (nSPS) is 12.5. The number of carboxylic acid groups (broad SMARTS) is 1. The average Bonchev–Trinajstić information content (AvgIpc) is 3.13. The van der Waals surface area contributed by atoms with Gasteiger partial charge in [0.25, 0.3) is 0 Å². The molecule has 0 spiro atoms. The number of rotatable bonds is 11. The fourth-order valence-electron chi connectivity index (χ4n) is 2.95. The Morgan fingerprint density at radius 2 is 1.74 bits per heavy atom. The van der Waals surface area contributed by atoms with E-state index in [4.69, 9.17) is 16.6 Å². The van der Waals surface area contributed by atoms with E-state index >= 15 is 0 Å². The molecule has 166 valence electrons. The van der Waals surface area contributed by atoms with Gasteiger partial charge < -0.3 is 37.5 Å². The number of carbonyl (C=O) groups is 5. The lowest BCUT2D eigenvalue weighted by Crippen LogP contribution is -2.56. The number of aromatic nitrogens is 1. The van der Waals surface area contributed by atoms with Crippen molar-refractivity contribution in [2.24, 2.45) is 11.5 Å². The van der Waals surface area contributed by atoms with Gasteiger partial charge in [-0.15, -0.1) is 0 Å². The highest BCUT2D eigenvalue weighted by Gasteiger charge is 2.28. The molecule has 9 N–H and O–H groups in total. The van der Waals surface area contributed by atoms with Gasteiger partial charge in [-0.2, -0.15) is 0 Å². The minimum Gasteiger partial charge on any atom is -0.480 e. The number of amides is 4. The van der Waals surface area contributed by atoms with Gasteiger partial charge in [0.15, 0.2) is 0 Å². The zero-order valence-electron chi connectivity index (χ0n) is 16.5. The maximum absolute atomic E-state index is 12.7. The predicted octanol–water partition coefficient (Wildman–Crippen LogP) is -2.29. The molecule has 0 aliphatic rings. The minimum atomic E-state index is -1.34. The summed E-state index contributed by atoms with van der Waals surface area (Å²) in [6.07, 6.45) is 1.19. The molecule has 0 fully saturated rings. The molecule has 0 bridgehead atoms. The summed E-state index contributed by atoms with van der Waals surface area (Å²) in [7, 11) is 0. The maximum Gasteiger partial charge on any atom is 0.322 e. The van der Waals surface area contributed by atoms with Crippen LogP contribution in [0.2, 0.25) is 0 Å². The van der Waals surface area contributed by atoms with E-state index in [0.717, 1.165) is 10.9 Å². The molecule has 1 aromatic carbocycles. The van der Waals surface area contributed by atoms with Gasteiger partial charge in [-0.3, -0.25) is 24.0 Å². The first kappa shape index (κ1) is 23.3. The molecule has 0 saturated heterocycles. The van der Waals surface area contributed by atoms with E-state index in [1.165, 1.54) is 0 Å². The van der Waals surface area contributed by atoms with Crippen LogP contribution in [0.25, 0.3) is 10.9 Å². The van der Waals surface area contributed by atoms with Gasteiger partial charge in [-0.25, -0.2) is 0 Å². The molecule has 0 aliphatic carbocycles. The van der Waals surface area contributed by atoms with Crippen molar-refractivity contribution in [2.45, 2.75) is 24.9 Å². The third-order valence-corrected chi connectivity index (χ3v) is 4.39. The molecule has 1 heterocycles. The molecule has 2 atom stereocenters. The van der Waals surface area contributed by atoms with Crippen molar-refractivity contribution in [1.29, 1.82) is 0 Å². The molecule has 1 aromatic heterocycles. The van der Waals surface area contributed by atoms with Crippen LogP contribution in [-0.2, 0) is 30.4 Å². The van der Waals surface area contributed by atoms with E-state index in [0.29, 0.717) is 5.56 Å². The lowest BCUT2D eigenvalue weighted by atomic mass is 10.0. The molecular weight excluding hydrogens is 408 g/mol. The largest absolute Gasteiger partial charge is 0.480 e. The topological polar surface area (TPSA) is 209 Å². The number of hydrogen-bond acceptors (Lipinski definition) is 6. The van der Waals surface area contributed by atoms with Gasteiger partial charge >= 0.3 is 5.97 Å². The summed E-state index contributed by atoms with van der Waals surface area (Å²) < 4.78 is 0. The molecule has 0 aliphatic heterocycles. The Morgan fingerprint density at radius 3 is 2.39 bits per heavy atom. The molecule has 12 nitrogen and oxygen atoms in total. The molecule has 12 heteroatoms. The number of nitrogens with two attached hydrogens (primary N) is 2. The van der Waals surface area contributed by atoms with Gasteiger partial charge in [-0.1, -0.05) is 18.2 Å². The summed E-state index contributed by atoms with van der Waals surface area (Å²) in [4.78, 5) is 62.0. The highest BCUT2D eigenvalue weighted by atomic mass is 16.4. The van der Waals surface area contributed by atoms with Gasteiger partial charge in [0.1, 0.15) is 18.6 Å². The summed E-state index contributed by atoms with van der Waals surface area (Å²) in [6.45, 7) is -1.06. The first-order valence-corrected chi connectivity index (χ1v) is 9.33. The van der Waals surface area contributed by atoms with E-state index < -0.39 is 61.2 Å². The molecule has 2 unspecified atom stereocenters. The summed E-state index contributed by atoms with van der Waals surface area (Å²) in [5.41, 5.74) is 11.9. The lowest BCUT2D eigenvalue weighted by Gasteiger charge is -2.22. The molecule has 0 saturated carbocycles. The summed E-state index contributed by atoms with van der Waals surface area (Å²) in [5, 5.41) is 16.6. The summed E-state index contributed by atoms with van der Waals surface area (Å²) in [5.74, 6) is -4.38. The molecule has 31 heavy (non-hydrogen) atoms. The van der Waals surface area contributed by atoms with Crippen LogP contribution in [0.1, 0.15) is 12.0 Å². The number of fused-ring (bicyclic) bond motifs is 1. The van der Waals surface area contributed by atoms with Crippen molar-refractivity contribution in [3.63, 3.8) is 0 Å². The second-order valence-electron chi connectivity index (χ2n) is 6.73. The van der Waals surface area contributed by atoms with Gasteiger partial charge in [0.05, 0.1) is 13.0 Å². The summed E-state index contributed by atoms with van der Waals surface area (Å²) >= 11 is 0. The number of primary amides is 1. The molecular formula is C19H24N6O6. The van der Waals surface area contributed by atoms with Crippen LogP contribution >= 0.6 is 0 Å². The first-order chi connectivity index (χ1) is 14.7. The van der Waals surface area contributed by atoms with Crippen LogP contribution < -0.4 is 27.4 Å². The molecule has 4 amide bonds. The quantitative estimate of drug-likeness (QED) is 0.206. The first-order valence-electron chi connectivity index (χ1n) is 9.33. The fourth-order valence-corrected chi connectivity index (χ4v) is 2.95. The fraction of sp³-hybridized carbons (Fsp3) is 0.316. The Bertz CT molecular complexity index is 987. The van der Waals surface area contributed by atoms with E-state index in [1.54, 1.807) is 6.20 Å². The van der Waals surface area contributed by atoms with Gasteiger partial charge in [0.2, 0.25) is 23.6 Å². The zero-order chi connectivity index (χ0) is 23.0. The van der Waals surface area contributed by atoms with Crippen LogP contribution in [-0.4, -0.2) is 64.9 Å². The number of para-hydroxylation sites is 1. The lowest BCUT2D eigenvalue weighted by molar-refractivity contribution is -0.138. The van der Waals surface area contributed by atoms with Crippen molar-refractivity contribution in [3.8, 4) is 0 Å². The van der Waals surface area contributed by atoms with Gasteiger partial charge in [-0.05, 0) is 11.6 Å². The van der Waals surface area contributed by atoms with Crippen molar-refractivity contribution < 1.29 is 29.1 Å². The van der Waals surface area contributed by atoms with Crippen molar-refractivity contribution in [1.82, 2.24) is 20.9 Å². The molecule has 2 aromatic rings. The SMILES string of the molecule is NCC(=O)NC(CC(N)=O)C(=O)NC(Cc1c[nH]c2ccccc12)C(=O)NCC(=O)O. The number of nitrogens with one attached hydrogen (secondary N) is 4. The molecule has 2 rings (SSSR count). The Labute approximate surface area is 176 Å². The van der Waals surface area contributed by atoms with Crippen LogP contribution in [0.3, 0.4) is 0 Å². The Hall–Kier alpha value is -3.93. The monoisotopic (exact) mass is 432 g/mol. The van der Waals surface area contributed by atoms with Crippen molar-refractivity contribution in [2.75, 3.05) is 13.1 Å². The number of hydrogen-bond donors (Lipinski definition) is 7. The van der Waals surface area contributed by atoms with E-state index in [-0.39, 0.29) is 6.42 Å². The second-order valence-corrected chi connectivity index (χ2v) is 6.73. The number of H-pyrrole nitrogens is 1. The third-order valence-electron chi connectivity index (χ3n) is 4.39. The minimum absolute atomic E-state index is 0.0231. The van der Waals surface area contributed by atoms with E-state index in [2.05, 4.69) is 20.9 Å². The third kappa shape index (κ3) is 6.82. The second kappa shape index (κ2) is 10.7.